The number of rotatable bonds is 5. The maximum absolute atomic E-state index is 12.5. The molecule has 7 nitrogen and oxygen atoms in total. The lowest BCUT2D eigenvalue weighted by atomic mass is 10.1. The molecule has 0 aliphatic carbocycles. The minimum Gasteiger partial charge on any atom is -0.449 e. The van der Waals surface area contributed by atoms with Gasteiger partial charge >= 0.3 is 5.97 Å². The summed E-state index contributed by atoms with van der Waals surface area (Å²) in [6.07, 6.45) is 0.690. The Morgan fingerprint density at radius 1 is 1.14 bits per heavy atom. The Hall–Kier alpha value is -2.87. The maximum Gasteiger partial charge on any atom is 0.338 e. The zero-order valence-corrected chi connectivity index (χ0v) is 17.7. The number of anilines is 2. The third-order valence-corrected chi connectivity index (χ3v) is 6.05. The summed E-state index contributed by atoms with van der Waals surface area (Å²) in [6.45, 7) is 5.67. The smallest absolute Gasteiger partial charge is 0.338 e. The summed E-state index contributed by atoms with van der Waals surface area (Å²) in [5, 5.41) is 2.78. The molecule has 29 heavy (non-hydrogen) atoms. The molecule has 1 heterocycles. The second-order valence-corrected chi connectivity index (χ2v) is 9.19. The number of carbonyl (C=O) groups is 2. The van der Waals surface area contributed by atoms with Crippen LogP contribution in [-0.4, -0.2) is 39.2 Å². The minimum atomic E-state index is -3.35. The monoisotopic (exact) mass is 416 g/mol. The van der Waals surface area contributed by atoms with Gasteiger partial charge in [-0.3, -0.25) is 9.10 Å². The van der Waals surface area contributed by atoms with Crippen molar-refractivity contribution in [3.63, 3.8) is 0 Å². The molecule has 8 heteroatoms. The van der Waals surface area contributed by atoms with Crippen LogP contribution in [0.15, 0.2) is 36.4 Å². The summed E-state index contributed by atoms with van der Waals surface area (Å²) in [5.74, 6) is -1.05. The van der Waals surface area contributed by atoms with E-state index < -0.39 is 28.0 Å². The number of nitrogens with one attached hydrogen (secondary N) is 1. The fourth-order valence-electron chi connectivity index (χ4n) is 3.23. The van der Waals surface area contributed by atoms with E-state index in [9.17, 15) is 18.0 Å². The SMILES string of the molecule is Cc1ccc(C)c(NC(=O)[C@@H](C)OC(=O)c2ccc3c(c2)CCN3S(C)(=O)=O)c1. The lowest BCUT2D eigenvalue weighted by molar-refractivity contribution is -0.123. The number of fused-ring (bicyclic) bond motifs is 1. The molecule has 154 valence electrons. The summed E-state index contributed by atoms with van der Waals surface area (Å²) < 4.78 is 30.3. The van der Waals surface area contributed by atoms with Gasteiger partial charge < -0.3 is 10.1 Å². The molecule has 0 unspecified atom stereocenters. The Kier molecular flexibility index (Phi) is 5.66. The average Bonchev–Trinajstić information content (AvgIpc) is 3.08. The van der Waals surface area contributed by atoms with Crippen molar-refractivity contribution in [3.05, 3.63) is 58.7 Å². The van der Waals surface area contributed by atoms with Gasteiger partial charge in [0.2, 0.25) is 10.0 Å². The van der Waals surface area contributed by atoms with E-state index in [1.165, 1.54) is 17.3 Å². The first kappa shape index (κ1) is 20.9. The Morgan fingerprint density at radius 3 is 2.55 bits per heavy atom. The molecule has 2 aromatic carbocycles. The molecule has 0 saturated heterocycles. The van der Waals surface area contributed by atoms with Crippen molar-refractivity contribution >= 4 is 33.3 Å². The zero-order chi connectivity index (χ0) is 21.3. The fraction of sp³-hybridized carbons (Fsp3) is 0.333. The predicted molar refractivity (Wildman–Crippen MR) is 112 cm³/mol. The van der Waals surface area contributed by atoms with Crippen LogP contribution in [0.2, 0.25) is 0 Å². The van der Waals surface area contributed by atoms with Gasteiger partial charge in [-0.25, -0.2) is 13.2 Å². The largest absolute Gasteiger partial charge is 0.449 e. The summed E-state index contributed by atoms with van der Waals surface area (Å²) in [6, 6.07) is 10.5. The Labute approximate surface area is 170 Å². The van der Waals surface area contributed by atoms with Gasteiger partial charge in [-0.1, -0.05) is 12.1 Å². The van der Waals surface area contributed by atoms with Gasteiger partial charge in [0.1, 0.15) is 0 Å². The van der Waals surface area contributed by atoms with Crippen molar-refractivity contribution in [2.24, 2.45) is 0 Å². The van der Waals surface area contributed by atoms with Crippen LogP contribution in [0.5, 0.6) is 0 Å². The lowest BCUT2D eigenvalue weighted by Crippen LogP contribution is -2.30. The number of esters is 1. The van der Waals surface area contributed by atoms with E-state index in [0.29, 0.717) is 24.3 Å². The summed E-state index contributed by atoms with van der Waals surface area (Å²) >= 11 is 0. The minimum absolute atomic E-state index is 0.283. The summed E-state index contributed by atoms with van der Waals surface area (Å²) in [7, 11) is -3.35. The molecule has 3 rings (SSSR count). The number of carbonyl (C=O) groups excluding carboxylic acids is 2. The van der Waals surface area contributed by atoms with Gasteiger partial charge in [-0.15, -0.1) is 0 Å². The van der Waals surface area contributed by atoms with E-state index in [-0.39, 0.29) is 5.56 Å². The highest BCUT2D eigenvalue weighted by atomic mass is 32.2. The molecule has 0 saturated carbocycles. The molecule has 0 fully saturated rings. The van der Waals surface area contributed by atoms with Crippen molar-refractivity contribution < 1.29 is 22.7 Å². The van der Waals surface area contributed by atoms with Crippen LogP contribution in [-0.2, 0) is 26.0 Å². The van der Waals surface area contributed by atoms with Gasteiger partial charge in [0.15, 0.2) is 6.10 Å². The van der Waals surface area contributed by atoms with E-state index >= 15 is 0 Å². The third-order valence-electron chi connectivity index (χ3n) is 4.87. The quantitative estimate of drug-likeness (QED) is 0.757. The van der Waals surface area contributed by atoms with Crippen LogP contribution in [0.1, 0.15) is 34.0 Å². The molecular weight excluding hydrogens is 392 g/mol. The molecule has 0 aromatic heterocycles. The molecular formula is C21H24N2O5S. The van der Waals surface area contributed by atoms with Crippen LogP contribution >= 0.6 is 0 Å². The predicted octanol–water partition coefficient (Wildman–Crippen LogP) is 2.81. The molecule has 1 N–H and O–H groups in total. The number of nitrogens with zero attached hydrogens (tertiary/aromatic N) is 1. The highest BCUT2D eigenvalue weighted by molar-refractivity contribution is 7.92. The van der Waals surface area contributed by atoms with Crippen molar-refractivity contribution in [1.29, 1.82) is 0 Å². The van der Waals surface area contributed by atoms with Crippen molar-refractivity contribution in [1.82, 2.24) is 0 Å². The zero-order valence-electron chi connectivity index (χ0n) is 16.9. The van der Waals surface area contributed by atoms with Crippen LogP contribution in [0.4, 0.5) is 11.4 Å². The van der Waals surface area contributed by atoms with Gasteiger partial charge in [0.25, 0.3) is 5.91 Å². The van der Waals surface area contributed by atoms with E-state index in [0.717, 1.165) is 22.9 Å². The van der Waals surface area contributed by atoms with Gasteiger partial charge in [0, 0.05) is 12.2 Å². The first-order valence-electron chi connectivity index (χ1n) is 9.26. The van der Waals surface area contributed by atoms with Gasteiger partial charge in [-0.2, -0.15) is 0 Å². The van der Waals surface area contributed by atoms with E-state index in [4.69, 9.17) is 4.74 Å². The first-order chi connectivity index (χ1) is 13.6. The molecule has 0 bridgehead atoms. The van der Waals surface area contributed by atoms with Crippen LogP contribution in [0.25, 0.3) is 0 Å². The Bertz CT molecular complexity index is 1080. The lowest BCUT2D eigenvalue weighted by Gasteiger charge is -2.17. The van der Waals surface area contributed by atoms with Crippen LogP contribution < -0.4 is 9.62 Å². The summed E-state index contributed by atoms with van der Waals surface area (Å²) in [4.78, 5) is 24.9. The molecule has 1 atom stereocenters. The number of sulfonamides is 1. The molecule has 2 aromatic rings. The van der Waals surface area contributed by atoms with Gasteiger partial charge in [0.05, 0.1) is 17.5 Å². The first-order valence-corrected chi connectivity index (χ1v) is 11.1. The highest BCUT2D eigenvalue weighted by Gasteiger charge is 2.27. The number of amides is 1. The Balaban J connectivity index is 1.69. The van der Waals surface area contributed by atoms with E-state index in [1.54, 1.807) is 12.1 Å². The topological polar surface area (TPSA) is 92.8 Å². The second kappa shape index (κ2) is 7.87. The molecule has 1 amide bonds. The van der Waals surface area contributed by atoms with E-state index in [2.05, 4.69) is 5.32 Å². The Morgan fingerprint density at radius 2 is 1.86 bits per heavy atom. The van der Waals surface area contributed by atoms with Crippen LogP contribution in [0.3, 0.4) is 0 Å². The van der Waals surface area contributed by atoms with Crippen molar-refractivity contribution in [2.75, 3.05) is 22.4 Å². The standard InChI is InChI=1S/C21H24N2O5S/c1-13-5-6-14(2)18(11-13)22-20(24)15(3)28-21(25)17-7-8-19-16(12-17)9-10-23(19)29(4,26)27/h5-8,11-12,15H,9-10H2,1-4H3,(H,22,24)/t15-/m1/s1. The normalized spacial score (nSPS) is 14.3. The fourth-order valence-corrected chi connectivity index (χ4v) is 4.19. The molecule has 1 aliphatic rings. The number of benzene rings is 2. The number of aryl methyl sites for hydroxylation is 2. The van der Waals surface area contributed by atoms with Gasteiger partial charge in [-0.05, 0) is 68.1 Å². The molecule has 0 radical (unpaired) electrons. The number of hydrogen-bond donors (Lipinski definition) is 1. The number of hydrogen-bond acceptors (Lipinski definition) is 5. The maximum atomic E-state index is 12.5. The second-order valence-electron chi connectivity index (χ2n) is 7.28. The molecule has 0 spiro atoms. The average molecular weight is 416 g/mol. The van der Waals surface area contributed by atoms with Crippen molar-refractivity contribution in [3.8, 4) is 0 Å². The van der Waals surface area contributed by atoms with Crippen molar-refractivity contribution in [2.45, 2.75) is 33.3 Å². The number of ether oxygens (including phenoxy) is 1. The van der Waals surface area contributed by atoms with Crippen LogP contribution in [0, 0.1) is 13.8 Å². The highest BCUT2D eigenvalue weighted by Crippen LogP contribution is 2.31. The summed E-state index contributed by atoms with van der Waals surface area (Å²) in [5.41, 5.74) is 4.22. The molecule has 1 aliphatic heterocycles. The third kappa shape index (κ3) is 4.59. The van der Waals surface area contributed by atoms with E-state index in [1.807, 2.05) is 32.0 Å².